The second-order valence-corrected chi connectivity index (χ2v) is 2.79. The molecule has 0 atom stereocenters. The molecule has 0 spiro atoms. The highest BCUT2D eigenvalue weighted by atomic mass is 32.5. The van der Waals surface area contributed by atoms with Crippen LogP contribution in [0, 0.1) is 0 Å². The summed E-state index contributed by atoms with van der Waals surface area (Å²) in [5.74, 6) is 0. The van der Waals surface area contributed by atoms with Crippen LogP contribution in [-0.2, 0) is 11.8 Å². The minimum absolute atomic E-state index is 0. The molecule has 0 saturated heterocycles. The third-order valence-electron chi connectivity index (χ3n) is 0. The molecule has 0 aliphatic heterocycles. The molecule has 5 nitrogen and oxygen atoms in total. The van der Waals surface area contributed by atoms with E-state index in [-0.39, 0.29) is 12.3 Å². The number of hydrogen-bond acceptors (Lipinski definition) is 3. The summed E-state index contributed by atoms with van der Waals surface area (Å²) < 4.78 is 0. The minimum Gasteiger partial charge on any atom is -0.812 e. The fourth-order valence-corrected chi connectivity index (χ4v) is 0. The molecule has 0 rings (SSSR count). The first-order valence-corrected chi connectivity index (χ1v) is 3.34. The fourth-order valence-electron chi connectivity index (χ4n) is 0. The van der Waals surface area contributed by atoms with Gasteiger partial charge in [0.2, 0.25) is 0 Å². The molecule has 0 aliphatic rings. The van der Waals surface area contributed by atoms with E-state index in [1.54, 1.807) is 0 Å². The Labute approximate surface area is 46.4 Å². The third-order valence-corrected chi connectivity index (χ3v) is 0. The molecule has 0 aliphatic carbocycles. The lowest BCUT2D eigenvalue weighted by atomic mass is 14.0. The topological polar surface area (TPSA) is 139 Å². The van der Waals surface area contributed by atoms with Crippen LogP contribution in [0.3, 0.4) is 0 Å². The Morgan fingerprint density at radius 2 is 1.29 bits per heavy atom. The quantitative estimate of drug-likeness (QED) is 0.366. The molecule has 48 valence electrons. The Kier molecular flexibility index (Phi) is 10.3. The van der Waals surface area contributed by atoms with Gasteiger partial charge in [-0.3, -0.25) is 0 Å². The van der Waals surface area contributed by atoms with Crippen molar-refractivity contribution in [2.24, 2.45) is 0 Å². The van der Waals surface area contributed by atoms with Gasteiger partial charge in [-0.2, -0.15) is 0 Å². The van der Waals surface area contributed by atoms with Gasteiger partial charge in [0.15, 0.2) is 0 Å². The summed E-state index contributed by atoms with van der Waals surface area (Å²) in [6, 6.07) is 0. The average molecular weight is 148 g/mol. The molecular formula is H9N2O3PS. The van der Waals surface area contributed by atoms with Crippen LogP contribution in [0.1, 0.15) is 0 Å². The van der Waals surface area contributed by atoms with Gasteiger partial charge in [0, 0.05) is 0 Å². The Bertz CT molecular complexity index is 59.1. The molecule has 0 radical (unpaired) electrons. The van der Waals surface area contributed by atoms with Gasteiger partial charge in [-0.05, 0) is 0 Å². The van der Waals surface area contributed by atoms with E-state index in [4.69, 9.17) is 14.7 Å². The van der Waals surface area contributed by atoms with Crippen molar-refractivity contribution in [2.45, 2.75) is 0 Å². The van der Waals surface area contributed by atoms with Crippen LogP contribution in [0.4, 0.5) is 0 Å². The summed E-state index contributed by atoms with van der Waals surface area (Å²) in [7, 11) is 0. The van der Waals surface area contributed by atoms with Crippen molar-refractivity contribution in [1.29, 1.82) is 0 Å². The molecule has 0 amide bonds. The first-order chi connectivity index (χ1) is 2.00. The molecule has 9 N–H and O–H groups in total. The monoisotopic (exact) mass is 148 g/mol. The van der Waals surface area contributed by atoms with Gasteiger partial charge in [0.25, 0.3) is 0 Å². The van der Waals surface area contributed by atoms with Crippen molar-refractivity contribution >= 4 is 18.5 Å². The lowest BCUT2D eigenvalue weighted by Gasteiger charge is -2.25. The summed E-state index contributed by atoms with van der Waals surface area (Å²) in [6.45, 7) is -4.31. The molecule has 0 aromatic heterocycles. The Balaban J connectivity index is -0.0000000800. The van der Waals surface area contributed by atoms with Gasteiger partial charge < -0.3 is 27.0 Å². The summed E-state index contributed by atoms with van der Waals surface area (Å²) in [4.78, 5) is 25.4. The largest absolute Gasteiger partial charge is 0.812 e. The minimum atomic E-state index is -4.31. The van der Waals surface area contributed by atoms with E-state index >= 15 is 0 Å². The van der Waals surface area contributed by atoms with Gasteiger partial charge in [0.1, 0.15) is 0 Å². The number of hydrogen-bond donors (Lipinski definition) is 3. The first-order valence-electron chi connectivity index (χ1n) is 0.748. The summed E-state index contributed by atoms with van der Waals surface area (Å²) in [5.41, 5.74) is 0. The Hall–Kier alpha value is 0.450. The zero-order valence-electron chi connectivity index (χ0n) is 4.12. The zero-order chi connectivity index (χ0) is 4.50. The average Bonchev–Trinajstić information content (AvgIpc) is 0.722. The maximum absolute atomic E-state index is 9.03. The van der Waals surface area contributed by atoms with E-state index in [9.17, 15) is 0 Å². The molecule has 0 unspecified atom stereocenters. The van der Waals surface area contributed by atoms with E-state index in [0.29, 0.717) is 0 Å². The van der Waals surface area contributed by atoms with Crippen LogP contribution in [0.2, 0.25) is 0 Å². The van der Waals surface area contributed by atoms with Crippen molar-refractivity contribution in [2.75, 3.05) is 0 Å². The van der Waals surface area contributed by atoms with Crippen molar-refractivity contribution in [1.82, 2.24) is 12.3 Å². The molecule has 0 heterocycles. The van der Waals surface area contributed by atoms with Gasteiger partial charge in [-0.15, -0.1) is 11.8 Å². The normalized spacial score (nSPS) is 8.43. The summed E-state index contributed by atoms with van der Waals surface area (Å²) in [6.07, 6.45) is 0. The second-order valence-electron chi connectivity index (χ2n) is 0.469. The SMILES string of the molecule is [NH4+].[NH4+].[O-]P([O-])(O)=S. The molecule has 7 heavy (non-hydrogen) atoms. The molecule has 0 saturated carbocycles. The fraction of sp³-hybridized carbons (Fsp3) is 0. The molecule has 7 heteroatoms. The van der Waals surface area contributed by atoms with Gasteiger partial charge in [0.05, 0.1) is 0 Å². The van der Waals surface area contributed by atoms with E-state index in [1.807, 2.05) is 0 Å². The Morgan fingerprint density at radius 1 is 1.29 bits per heavy atom. The maximum Gasteiger partial charge on any atom is -0.0914 e. The van der Waals surface area contributed by atoms with Crippen LogP contribution in [-0.4, -0.2) is 4.89 Å². The highest BCUT2D eigenvalue weighted by Gasteiger charge is 1.56. The van der Waals surface area contributed by atoms with E-state index in [0.717, 1.165) is 0 Å². The standard InChI is InChI=1S/2H3N.H3O3PS/c;;1-4(2,3)5/h2*1H3;(H3,1,2,3,5). The van der Waals surface area contributed by atoms with Crippen LogP contribution >= 0.6 is 6.72 Å². The van der Waals surface area contributed by atoms with Crippen LogP contribution in [0.25, 0.3) is 0 Å². The van der Waals surface area contributed by atoms with Gasteiger partial charge in [-0.25, -0.2) is 0 Å². The Morgan fingerprint density at radius 3 is 1.29 bits per heavy atom. The molecule has 0 aromatic rings. The summed E-state index contributed by atoms with van der Waals surface area (Å²) >= 11 is 3.38. The van der Waals surface area contributed by atoms with E-state index in [2.05, 4.69) is 11.8 Å². The van der Waals surface area contributed by atoms with Crippen molar-refractivity contribution in [3.63, 3.8) is 0 Å². The van der Waals surface area contributed by atoms with E-state index < -0.39 is 6.72 Å². The smallest absolute Gasteiger partial charge is 0.0914 e. The van der Waals surface area contributed by atoms with Gasteiger partial charge in [-0.1, -0.05) is 6.72 Å². The predicted molar refractivity (Wildman–Crippen MR) is 28.5 cm³/mol. The molecule has 0 aromatic carbocycles. The zero-order valence-corrected chi connectivity index (χ0v) is 5.83. The lowest BCUT2D eigenvalue weighted by molar-refractivity contribution is -0.316. The summed E-state index contributed by atoms with van der Waals surface area (Å²) in [5, 5.41) is 0. The predicted octanol–water partition coefficient (Wildman–Crippen LogP) is -1.32. The van der Waals surface area contributed by atoms with Gasteiger partial charge >= 0.3 is 0 Å². The lowest BCUT2D eigenvalue weighted by Crippen LogP contribution is -2.10. The molecular weight excluding hydrogens is 139 g/mol. The van der Waals surface area contributed by atoms with Crippen molar-refractivity contribution in [3.05, 3.63) is 0 Å². The first kappa shape index (κ1) is 15.7. The number of rotatable bonds is 0. The second kappa shape index (κ2) is 4.61. The number of quaternary nitrogens is 2. The third kappa shape index (κ3) is 631. The highest BCUT2D eigenvalue weighted by molar-refractivity contribution is 8.04. The van der Waals surface area contributed by atoms with Crippen molar-refractivity contribution < 1.29 is 14.7 Å². The van der Waals surface area contributed by atoms with Crippen LogP contribution in [0.15, 0.2) is 0 Å². The maximum atomic E-state index is 9.03. The molecule has 0 fully saturated rings. The van der Waals surface area contributed by atoms with Crippen LogP contribution in [0.5, 0.6) is 0 Å². The van der Waals surface area contributed by atoms with E-state index in [1.165, 1.54) is 0 Å². The molecule has 0 bridgehead atoms. The highest BCUT2D eigenvalue weighted by Crippen LogP contribution is 2.12. The van der Waals surface area contributed by atoms with Crippen LogP contribution < -0.4 is 22.1 Å². The van der Waals surface area contributed by atoms with Crippen molar-refractivity contribution in [3.8, 4) is 0 Å².